The highest BCUT2D eigenvalue weighted by atomic mass is 32.2. The van der Waals surface area contributed by atoms with E-state index in [-0.39, 0.29) is 22.9 Å². The standard InChI is InChI=1S/C23H25N3O3S2/c1-5-10-26-22(29)19-15-8-6-7-9-17(15)31-21(19)25-23(26)30-11-16(28)20-12(2)18(14(4)27)13(3)24-20/h5,24H,1,6-11H2,2-4H3. The molecule has 1 aliphatic carbocycles. The Morgan fingerprint density at radius 2 is 2.03 bits per heavy atom. The van der Waals surface area contributed by atoms with Gasteiger partial charge in [0.15, 0.2) is 16.7 Å². The van der Waals surface area contributed by atoms with E-state index >= 15 is 0 Å². The Balaban J connectivity index is 1.68. The van der Waals surface area contributed by atoms with E-state index < -0.39 is 0 Å². The number of rotatable bonds is 7. The average Bonchev–Trinajstić information content (AvgIpc) is 3.25. The van der Waals surface area contributed by atoms with Gasteiger partial charge in [-0.05, 0) is 57.6 Å². The summed E-state index contributed by atoms with van der Waals surface area (Å²) < 4.78 is 1.61. The molecule has 3 heterocycles. The molecule has 6 nitrogen and oxygen atoms in total. The van der Waals surface area contributed by atoms with Gasteiger partial charge < -0.3 is 4.98 Å². The van der Waals surface area contributed by atoms with Gasteiger partial charge in [-0.25, -0.2) is 4.98 Å². The molecule has 0 saturated carbocycles. The first-order valence-electron chi connectivity index (χ1n) is 10.4. The molecule has 0 radical (unpaired) electrons. The third kappa shape index (κ3) is 3.83. The lowest BCUT2D eigenvalue weighted by Gasteiger charge is -2.12. The molecule has 4 rings (SSSR count). The average molecular weight is 456 g/mol. The maximum absolute atomic E-state index is 13.3. The minimum absolute atomic E-state index is 0.0509. The van der Waals surface area contributed by atoms with Crippen LogP contribution >= 0.6 is 23.1 Å². The second-order valence-corrected chi connectivity index (χ2v) is 9.91. The van der Waals surface area contributed by atoms with Crippen LogP contribution in [0.2, 0.25) is 0 Å². The number of nitrogens with zero attached hydrogens (tertiary/aromatic N) is 2. The van der Waals surface area contributed by atoms with Crippen molar-refractivity contribution in [3.63, 3.8) is 0 Å². The van der Waals surface area contributed by atoms with Gasteiger partial charge in [0.25, 0.3) is 5.56 Å². The SMILES string of the molecule is C=CCn1c(SCC(=O)c2[nH]c(C)c(C(C)=O)c2C)nc2sc3c(c2c1=O)CCCC3. The molecule has 3 aromatic rings. The Labute approximate surface area is 188 Å². The minimum Gasteiger partial charge on any atom is -0.355 e. The summed E-state index contributed by atoms with van der Waals surface area (Å²) in [6.07, 6.45) is 5.85. The maximum Gasteiger partial charge on any atom is 0.263 e. The van der Waals surface area contributed by atoms with Crippen molar-refractivity contribution < 1.29 is 9.59 Å². The van der Waals surface area contributed by atoms with Gasteiger partial charge in [0.2, 0.25) is 0 Å². The van der Waals surface area contributed by atoms with Crippen molar-refractivity contribution in [1.29, 1.82) is 0 Å². The number of thioether (sulfide) groups is 1. The summed E-state index contributed by atoms with van der Waals surface area (Å²) >= 11 is 2.86. The molecule has 0 atom stereocenters. The minimum atomic E-state index is -0.122. The van der Waals surface area contributed by atoms with Crippen LogP contribution in [0, 0.1) is 13.8 Å². The monoisotopic (exact) mass is 455 g/mol. The Morgan fingerprint density at radius 3 is 2.71 bits per heavy atom. The van der Waals surface area contributed by atoms with Crippen LogP contribution in [0.5, 0.6) is 0 Å². The van der Waals surface area contributed by atoms with Crippen LogP contribution < -0.4 is 5.56 Å². The molecule has 0 saturated heterocycles. The van der Waals surface area contributed by atoms with E-state index in [1.165, 1.54) is 23.6 Å². The fraction of sp³-hybridized carbons (Fsp3) is 0.391. The predicted molar refractivity (Wildman–Crippen MR) is 126 cm³/mol. The molecule has 0 unspecified atom stereocenters. The highest BCUT2D eigenvalue weighted by Gasteiger charge is 2.24. The highest BCUT2D eigenvalue weighted by Crippen LogP contribution is 2.35. The van der Waals surface area contributed by atoms with Crippen LogP contribution in [-0.2, 0) is 19.4 Å². The van der Waals surface area contributed by atoms with Crippen molar-refractivity contribution in [2.75, 3.05) is 5.75 Å². The molecule has 3 aromatic heterocycles. The molecular weight excluding hydrogens is 430 g/mol. The summed E-state index contributed by atoms with van der Waals surface area (Å²) in [5.41, 5.74) is 3.49. The van der Waals surface area contributed by atoms with Crippen molar-refractivity contribution in [1.82, 2.24) is 14.5 Å². The number of aromatic nitrogens is 3. The van der Waals surface area contributed by atoms with Gasteiger partial charge in [-0.1, -0.05) is 17.8 Å². The van der Waals surface area contributed by atoms with Crippen LogP contribution in [-0.4, -0.2) is 31.9 Å². The second-order valence-electron chi connectivity index (χ2n) is 7.88. The Morgan fingerprint density at radius 1 is 1.29 bits per heavy atom. The van der Waals surface area contributed by atoms with Crippen LogP contribution in [0.15, 0.2) is 22.6 Å². The number of H-pyrrole nitrogens is 1. The zero-order valence-corrected chi connectivity index (χ0v) is 19.6. The maximum atomic E-state index is 13.3. The number of hydrogen-bond acceptors (Lipinski definition) is 6. The topological polar surface area (TPSA) is 84.8 Å². The first-order chi connectivity index (χ1) is 14.8. The van der Waals surface area contributed by atoms with Gasteiger partial charge in [-0.2, -0.15) is 0 Å². The van der Waals surface area contributed by atoms with E-state index in [4.69, 9.17) is 4.98 Å². The van der Waals surface area contributed by atoms with Crippen LogP contribution in [0.4, 0.5) is 0 Å². The lowest BCUT2D eigenvalue weighted by molar-refractivity contribution is 0.101. The molecule has 1 aliphatic rings. The van der Waals surface area contributed by atoms with Gasteiger partial charge in [0.1, 0.15) is 4.83 Å². The van der Waals surface area contributed by atoms with Crippen molar-refractivity contribution in [2.24, 2.45) is 0 Å². The summed E-state index contributed by atoms with van der Waals surface area (Å²) in [5.74, 6) is -0.0622. The third-order valence-electron chi connectivity index (χ3n) is 5.75. The van der Waals surface area contributed by atoms with Crippen molar-refractivity contribution in [3.8, 4) is 0 Å². The Bertz CT molecular complexity index is 1280. The number of carbonyl (C=O) groups excluding carboxylic acids is 2. The number of hydrogen-bond donors (Lipinski definition) is 1. The quantitative estimate of drug-likeness (QED) is 0.243. The summed E-state index contributed by atoms with van der Waals surface area (Å²) in [6.45, 7) is 9.20. The molecule has 0 bridgehead atoms. The van der Waals surface area contributed by atoms with E-state index in [0.717, 1.165) is 41.5 Å². The number of nitrogens with one attached hydrogen (secondary N) is 1. The first-order valence-corrected chi connectivity index (χ1v) is 12.2. The van der Waals surface area contributed by atoms with Gasteiger partial charge >= 0.3 is 0 Å². The molecule has 0 aliphatic heterocycles. The fourth-order valence-corrected chi connectivity index (χ4v) is 6.56. The van der Waals surface area contributed by atoms with Crippen LogP contribution in [0.3, 0.4) is 0 Å². The molecule has 162 valence electrons. The lowest BCUT2D eigenvalue weighted by atomic mass is 9.97. The van der Waals surface area contributed by atoms with Gasteiger partial charge in [0.05, 0.1) is 16.8 Å². The number of Topliss-reactive ketones (excluding diaryl/α,β-unsaturated/α-hetero) is 2. The highest BCUT2D eigenvalue weighted by molar-refractivity contribution is 7.99. The van der Waals surface area contributed by atoms with E-state index in [0.29, 0.717) is 34.2 Å². The number of carbonyl (C=O) groups is 2. The van der Waals surface area contributed by atoms with Crippen molar-refractivity contribution in [2.45, 2.75) is 58.2 Å². The summed E-state index contributed by atoms with van der Waals surface area (Å²) in [6, 6.07) is 0. The molecular formula is C23H25N3O3S2. The number of aromatic amines is 1. The Hall–Kier alpha value is -2.45. The summed E-state index contributed by atoms with van der Waals surface area (Å²) in [4.78, 5) is 47.9. The largest absolute Gasteiger partial charge is 0.355 e. The van der Waals surface area contributed by atoms with E-state index in [2.05, 4.69) is 11.6 Å². The Kier molecular flexibility index (Phi) is 6.03. The van der Waals surface area contributed by atoms with Crippen molar-refractivity contribution in [3.05, 3.63) is 56.0 Å². The molecule has 0 spiro atoms. The van der Waals surface area contributed by atoms with E-state index in [1.54, 1.807) is 35.8 Å². The second kappa shape index (κ2) is 8.59. The van der Waals surface area contributed by atoms with Gasteiger partial charge in [-0.3, -0.25) is 19.0 Å². The van der Waals surface area contributed by atoms with Gasteiger partial charge in [-0.15, -0.1) is 17.9 Å². The summed E-state index contributed by atoms with van der Waals surface area (Å²) in [5, 5.41) is 1.26. The molecule has 1 N–H and O–H groups in total. The van der Waals surface area contributed by atoms with E-state index in [9.17, 15) is 14.4 Å². The molecule has 8 heteroatoms. The number of allylic oxidation sites excluding steroid dienone is 1. The van der Waals surface area contributed by atoms with Crippen LogP contribution in [0.1, 0.15) is 62.3 Å². The first kappa shape index (κ1) is 21.8. The molecule has 31 heavy (non-hydrogen) atoms. The fourth-order valence-electron chi connectivity index (χ4n) is 4.38. The molecule has 0 fully saturated rings. The predicted octanol–water partition coefficient (Wildman–Crippen LogP) is 4.65. The smallest absolute Gasteiger partial charge is 0.263 e. The normalized spacial score (nSPS) is 13.4. The molecule has 0 amide bonds. The lowest BCUT2D eigenvalue weighted by Crippen LogP contribution is -2.23. The van der Waals surface area contributed by atoms with Crippen LogP contribution in [0.25, 0.3) is 10.2 Å². The third-order valence-corrected chi connectivity index (χ3v) is 7.91. The zero-order chi connectivity index (χ0) is 22.3. The zero-order valence-electron chi connectivity index (χ0n) is 18.0. The number of aryl methyl sites for hydroxylation is 3. The summed E-state index contributed by atoms with van der Waals surface area (Å²) in [7, 11) is 0. The van der Waals surface area contributed by atoms with Crippen molar-refractivity contribution >= 4 is 44.9 Å². The van der Waals surface area contributed by atoms with E-state index in [1.807, 2.05) is 0 Å². The number of ketones is 2. The van der Waals surface area contributed by atoms with Gasteiger partial charge in [0, 0.05) is 22.7 Å². The number of thiophene rings is 1. The number of fused-ring (bicyclic) bond motifs is 3. The molecule has 0 aromatic carbocycles.